The number of hydrogen-bond donors (Lipinski definition) is 2. The van der Waals surface area contributed by atoms with Crippen molar-refractivity contribution in [3.63, 3.8) is 0 Å². The highest BCUT2D eigenvalue weighted by Gasteiger charge is 2.22. The van der Waals surface area contributed by atoms with Crippen LogP contribution in [0.4, 0.5) is 0 Å². The first-order valence-corrected chi connectivity index (χ1v) is 4.94. The molecule has 0 bridgehead atoms. The van der Waals surface area contributed by atoms with Crippen molar-refractivity contribution in [1.29, 1.82) is 0 Å². The molecule has 0 aromatic carbocycles. The molecule has 1 rings (SSSR count). The fourth-order valence-electron chi connectivity index (χ4n) is 1.56. The number of aliphatic imine (C=N–C) groups is 1. The molecule has 0 radical (unpaired) electrons. The maximum Gasteiger partial charge on any atom is 0.222 e. The van der Waals surface area contributed by atoms with E-state index in [9.17, 15) is 4.79 Å². The fraction of sp³-hybridized carbons (Fsp3) is 0.778. The highest BCUT2D eigenvalue weighted by atomic mass is 16.2. The van der Waals surface area contributed by atoms with Crippen LogP contribution in [0, 0.1) is 0 Å². The molecule has 0 spiro atoms. The van der Waals surface area contributed by atoms with Crippen LogP contribution in [-0.4, -0.2) is 42.9 Å². The number of carbonyl (C=O) groups excluding carboxylic acids is 1. The van der Waals surface area contributed by atoms with Gasteiger partial charge in [0, 0.05) is 32.6 Å². The Morgan fingerprint density at radius 3 is 3.07 bits per heavy atom. The monoisotopic (exact) mass is 198 g/mol. The summed E-state index contributed by atoms with van der Waals surface area (Å²) >= 11 is 0. The first kappa shape index (κ1) is 10.8. The second-order valence-electron chi connectivity index (χ2n) is 3.51. The van der Waals surface area contributed by atoms with E-state index in [0.717, 1.165) is 6.42 Å². The molecule has 0 aromatic heterocycles. The molecule has 0 saturated carbocycles. The number of carbonyl (C=O) groups is 1. The van der Waals surface area contributed by atoms with E-state index in [0.29, 0.717) is 25.5 Å². The van der Waals surface area contributed by atoms with Crippen molar-refractivity contribution in [2.45, 2.75) is 25.8 Å². The first-order chi connectivity index (χ1) is 6.63. The number of likely N-dealkylation sites (tertiary alicyclic amines) is 1. The minimum atomic E-state index is 0.203. The molecule has 1 aliphatic heterocycles. The smallest absolute Gasteiger partial charge is 0.222 e. The van der Waals surface area contributed by atoms with Gasteiger partial charge in [-0.3, -0.25) is 9.79 Å². The van der Waals surface area contributed by atoms with Gasteiger partial charge in [-0.2, -0.15) is 0 Å². The van der Waals surface area contributed by atoms with E-state index < -0.39 is 0 Å². The number of nitrogens with two attached hydrogens (primary N) is 1. The second kappa shape index (κ2) is 4.83. The predicted octanol–water partition coefficient (Wildman–Crippen LogP) is -0.469. The lowest BCUT2D eigenvalue weighted by Crippen LogP contribution is -2.50. The highest BCUT2D eigenvalue weighted by Crippen LogP contribution is 2.08. The van der Waals surface area contributed by atoms with Crippen molar-refractivity contribution >= 4 is 11.9 Å². The van der Waals surface area contributed by atoms with E-state index in [2.05, 4.69) is 10.3 Å². The number of piperidine rings is 1. The molecule has 1 fully saturated rings. The zero-order valence-electron chi connectivity index (χ0n) is 8.79. The van der Waals surface area contributed by atoms with Crippen LogP contribution >= 0.6 is 0 Å². The summed E-state index contributed by atoms with van der Waals surface area (Å²) in [7, 11) is 1.81. The number of likely N-dealkylation sites (N-methyl/N-ethyl adjacent to an activating group) is 1. The normalized spacial score (nSPS) is 23.9. The Hall–Kier alpha value is -1.26. The van der Waals surface area contributed by atoms with Gasteiger partial charge in [0.2, 0.25) is 5.91 Å². The van der Waals surface area contributed by atoms with E-state index in [-0.39, 0.29) is 11.9 Å². The third kappa shape index (κ3) is 2.90. The van der Waals surface area contributed by atoms with Gasteiger partial charge in [0.25, 0.3) is 0 Å². The number of rotatable bonds is 2. The molecule has 1 aliphatic rings. The van der Waals surface area contributed by atoms with Crippen LogP contribution in [0.1, 0.15) is 19.8 Å². The molecule has 0 aliphatic carbocycles. The largest absolute Gasteiger partial charge is 0.370 e. The number of amides is 1. The predicted molar refractivity (Wildman–Crippen MR) is 56.0 cm³/mol. The summed E-state index contributed by atoms with van der Waals surface area (Å²) in [4.78, 5) is 17.0. The fourth-order valence-corrected chi connectivity index (χ4v) is 1.56. The average molecular weight is 198 g/mol. The molecule has 1 saturated heterocycles. The van der Waals surface area contributed by atoms with Gasteiger partial charge in [0.05, 0.1) is 0 Å². The maximum absolute atomic E-state index is 11.2. The van der Waals surface area contributed by atoms with Crippen LogP contribution in [0.3, 0.4) is 0 Å². The summed E-state index contributed by atoms with van der Waals surface area (Å²) in [5.74, 6) is 0.675. The molecule has 5 nitrogen and oxygen atoms in total. The molecule has 1 amide bonds. The minimum absolute atomic E-state index is 0.203. The Morgan fingerprint density at radius 2 is 2.50 bits per heavy atom. The van der Waals surface area contributed by atoms with Crippen LogP contribution < -0.4 is 11.1 Å². The third-order valence-electron chi connectivity index (χ3n) is 2.31. The number of nitrogens with zero attached hydrogens (tertiary/aromatic N) is 2. The summed E-state index contributed by atoms with van der Waals surface area (Å²) in [5, 5.41) is 3.10. The van der Waals surface area contributed by atoms with E-state index in [1.54, 1.807) is 4.90 Å². The minimum Gasteiger partial charge on any atom is -0.370 e. The summed E-state index contributed by atoms with van der Waals surface area (Å²) in [6.45, 7) is 3.32. The summed E-state index contributed by atoms with van der Waals surface area (Å²) < 4.78 is 0. The van der Waals surface area contributed by atoms with Gasteiger partial charge in [-0.25, -0.2) is 0 Å². The van der Waals surface area contributed by atoms with Gasteiger partial charge in [-0.05, 0) is 13.3 Å². The quantitative estimate of drug-likeness (QED) is 0.465. The summed E-state index contributed by atoms with van der Waals surface area (Å²) in [6.07, 6.45) is 1.43. The molecule has 1 unspecified atom stereocenters. The average Bonchev–Trinajstić information content (AvgIpc) is 2.12. The van der Waals surface area contributed by atoms with Gasteiger partial charge < -0.3 is 16.0 Å². The third-order valence-corrected chi connectivity index (χ3v) is 2.31. The molecule has 80 valence electrons. The van der Waals surface area contributed by atoms with Gasteiger partial charge in [0.15, 0.2) is 5.96 Å². The van der Waals surface area contributed by atoms with Crippen molar-refractivity contribution in [3.05, 3.63) is 0 Å². The van der Waals surface area contributed by atoms with E-state index >= 15 is 0 Å². The standard InChI is InChI=1S/C9H18N4O/c1-3-11-9(10)12-7-4-5-8(14)13(2)6-7/h7H,3-6H2,1-2H3,(H3,10,11,12). The molecular formula is C9H18N4O. The van der Waals surface area contributed by atoms with Crippen LogP contribution in [0.15, 0.2) is 4.99 Å². The molecule has 0 aromatic rings. The zero-order chi connectivity index (χ0) is 10.6. The van der Waals surface area contributed by atoms with Crippen molar-refractivity contribution in [2.75, 3.05) is 20.1 Å². The van der Waals surface area contributed by atoms with E-state index in [4.69, 9.17) is 5.73 Å². The lowest BCUT2D eigenvalue weighted by atomic mass is 10.1. The molecule has 1 heterocycles. The molecule has 1 atom stereocenters. The number of guanidine groups is 1. The van der Waals surface area contributed by atoms with Gasteiger partial charge in [-0.15, -0.1) is 0 Å². The number of nitrogens with one attached hydrogen (secondary N) is 1. The Balaban J connectivity index is 2.40. The van der Waals surface area contributed by atoms with Gasteiger partial charge in [0.1, 0.15) is 0 Å². The Morgan fingerprint density at radius 1 is 1.79 bits per heavy atom. The molecule has 14 heavy (non-hydrogen) atoms. The maximum atomic E-state index is 11.2. The summed E-state index contributed by atoms with van der Waals surface area (Å²) in [5.41, 5.74) is 5.63. The van der Waals surface area contributed by atoms with Crippen LogP contribution in [-0.2, 0) is 4.79 Å². The second-order valence-corrected chi connectivity index (χ2v) is 3.51. The van der Waals surface area contributed by atoms with Crippen molar-refractivity contribution < 1.29 is 4.79 Å². The summed E-state index contributed by atoms with van der Waals surface area (Å²) in [6, 6.07) is 0.244. The first-order valence-electron chi connectivity index (χ1n) is 4.94. The van der Waals surface area contributed by atoms with Crippen molar-refractivity contribution in [2.24, 2.45) is 10.7 Å². The van der Waals surface area contributed by atoms with Crippen LogP contribution in [0.5, 0.6) is 0 Å². The lowest BCUT2D eigenvalue weighted by molar-refractivity contribution is -0.132. The SMILES string of the molecule is CCN=C(N)NC1CCC(=O)N(C)C1. The zero-order valence-corrected chi connectivity index (χ0v) is 8.79. The van der Waals surface area contributed by atoms with Crippen molar-refractivity contribution in [1.82, 2.24) is 10.2 Å². The van der Waals surface area contributed by atoms with Gasteiger partial charge >= 0.3 is 0 Å². The Kier molecular flexibility index (Phi) is 3.73. The van der Waals surface area contributed by atoms with E-state index in [1.807, 2.05) is 14.0 Å². The Labute approximate surface area is 84.4 Å². The topological polar surface area (TPSA) is 70.7 Å². The molecular weight excluding hydrogens is 180 g/mol. The highest BCUT2D eigenvalue weighted by molar-refractivity contribution is 5.79. The molecule has 3 N–H and O–H groups in total. The van der Waals surface area contributed by atoms with Crippen LogP contribution in [0.25, 0.3) is 0 Å². The number of hydrogen-bond acceptors (Lipinski definition) is 2. The lowest BCUT2D eigenvalue weighted by Gasteiger charge is -2.30. The Bertz CT molecular complexity index is 239. The van der Waals surface area contributed by atoms with Crippen molar-refractivity contribution in [3.8, 4) is 0 Å². The van der Waals surface area contributed by atoms with Crippen LogP contribution in [0.2, 0.25) is 0 Å². The molecule has 5 heteroatoms. The van der Waals surface area contributed by atoms with E-state index in [1.165, 1.54) is 0 Å². The van der Waals surface area contributed by atoms with Gasteiger partial charge in [-0.1, -0.05) is 0 Å².